The van der Waals surface area contributed by atoms with Crippen LogP contribution >= 0.6 is 0 Å². The molecule has 0 aliphatic carbocycles. The number of ether oxygens (including phenoxy) is 1. The van der Waals surface area contributed by atoms with Crippen molar-refractivity contribution in [3.63, 3.8) is 0 Å². The van der Waals surface area contributed by atoms with Crippen LogP contribution in [-0.2, 0) is 14.3 Å². The second kappa shape index (κ2) is 58.4. The molecule has 0 saturated heterocycles. The molecule has 69 heavy (non-hydrogen) atoms. The zero-order chi connectivity index (χ0) is 50.0. The van der Waals surface area contributed by atoms with Crippen LogP contribution in [0.5, 0.6) is 0 Å². The summed E-state index contributed by atoms with van der Waals surface area (Å²) in [6.45, 7) is 4.89. The second-order valence-electron chi connectivity index (χ2n) is 20.7. The van der Waals surface area contributed by atoms with E-state index in [1.807, 2.05) is 6.08 Å². The second-order valence-corrected chi connectivity index (χ2v) is 20.7. The summed E-state index contributed by atoms with van der Waals surface area (Å²) in [5.41, 5.74) is 0. The molecule has 404 valence electrons. The predicted molar refractivity (Wildman–Crippen MR) is 301 cm³/mol. The minimum Gasteiger partial charge on any atom is -0.466 e. The molecule has 0 aromatic carbocycles. The van der Waals surface area contributed by atoms with Gasteiger partial charge in [0.15, 0.2) is 0 Å². The van der Waals surface area contributed by atoms with Crippen molar-refractivity contribution in [3.8, 4) is 0 Å². The minimum atomic E-state index is -0.851. The zero-order valence-corrected chi connectivity index (χ0v) is 46.0. The van der Waals surface area contributed by atoms with Crippen LogP contribution in [0.3, 0.4) is 0 Å². The molecule has 0 aliphatic rings. The van der Waals surface area contributed by atoms with Crippen molar-refractivity contribution in [2.45, 2.75) is 328 Å². The van der Waals surface area contributed by atoms with Crippen LogP contribution in [0.1, 0.15) is 316 Å². The fourth-order valence-corrected chi connectivity index (χ4v) is 9.13. The van der Waals surface area contributed by atoms with E-state index in [0.717, 1.165) is 64.2 Å². The van der Waals surface area contributed by atoms with E-state index in [4.69, 9.17) is 4.74 Å². The Labute approximate surface area is 429 Å². The number of amides is 1. The van der Waals surface area contributed by atoms with Gasteiger partial charge >= 0.3 is 5.97 Å². The lowest BCUT2D eigenvalue weighted by molar-refractivity contribution is -0.143. The molecule has 1 amide bonds. The van der Waals surface area contributed by atoms with E-state index < -0.39 is 12.1 Å². The molecule has 0 bridgehead atoms. The maximum absolute atomic E-state index is 12.4. The highest BCUT2D eigenvalue weighted by Gasteiger charge is 2.18. The molecule has 0 aromatic heterocycles. The molecule has 2 unspecified atom stereocenters. The van der Waals surface area contributed by atoms with E-state index in [1.165, 1.54) is 225 Å². The smallest absolute Gasteiger partial charge is 0.305 e. The molecule has 0 heterocycles. The molecule has 0 aliphatic heterocycles. The molecule has 6 nitrogen and oxygen atoms in total. The molecule has 0 aromatic rings. The number of esters is 1. The summed E-state index contributed by atoms with van der Waals surface area (Å²) in [5, 5.41) is 23.1. The van der Waals surface area contributed by atoms with Crippen molar-refractivity contribution < 1.29 is 24.5 Å². The molecule has 6 heteroatoms. The van der Waals surface area contributed by atoms with Crippen molar-refractivity contribution in [1.29, 1.82) is 0 Å². The number of unbranched alkanes of at least 4 members (excludes halogenated alkanes) is 39. The van der Waals surface area contributed by atoms with E-state index in [2.05, 4.69) is 55.6 Å². The number of hydrogen-bond acceptors (Lipinski definition) is 5. The molecule has 2 atom stereocenters. The molecule has 0 fully saturated rings. The first kappa shape index (κ1) is 66.8. The Hall–Kier alpha value is -2.18. The van der Waals surface area contributed by atoms with E-state index in [0.29, 0.717) is 19.4 Å². The van der Waals surface area contributed by atoms with Gasteiger partial charge in [-0.2, -0.15) is 0 Å². The average Bonchev–Trinajstić information content (AvgIpc) is 3.35. The quantitative estimate of drug-likeness (QED) is 0.0321. The lowest BCUT2D eigenvalue weighted by atomic mass is 10.0. The summed E-state index contributed by atoms with van der Waals surface area (Å²) in [7, 11) is 0. The van der Waals surface area contributed by atoms with Gasteiger partial charge in [-0.05, 0) is 89.9 Å². The van der Waals surface area contributed by atoms with Crippen LogP contribution in [0, 0.1) is 0 Å². The topological polar surface area (TPSA) is 95.9 Å². The third-order valence-electron chi connectivity index (χ3n) is 13.8. The number of aliphatic hydroxyl groups excluding tert-OH is 2. The Balaban J connectivity index is 3.46. The zero-order valence-electron chi connectivity index (χ0n) is 46.0. The van der Waals surface area contributed by atoms with Crippen molar-refractivity contribution in [2.75, 3.05) is 13.2 Å². The highest BCUT2D eigenvalue weighted by molar-refractivity contribution is 5.76. The van der Waals surface area contributed by atoms with Crippen LogP contribution in [-0.4, -0.2) is 47.4 Å². The first-order valence-corrected chi connectivity index (χ1v) is 30.4. The number of nitrogens with one attached hydrogen (secondary N) is 1. The van der Waals surface area contributed by atoms with Gasteiger partial charge in [-0.25, -0.2) is 0 Å². The number of carbonyl (C=O) groups excluding carboxylic acids is 2. The number of carbonyl (C=O) groups is 2. The Bertz CT molecular complexity index is 1160. The molecule has 3 N–H and O–H groups in total. The highest BCUT2D eigenvalue weighted by Crippen LogP contribution is 2.16. The monoisotopic (exact) mass is 968 g/mol. The summed E-state index contributed by atoms with van der Waals surface area (Å²) in [6.07, 6.45) is 74.3. The molecular formula is C63H117NO5. The Morgan fingerprint density at radius 3 is 1.12 bits per heavy atom. The van der Waals surface area contributed by atoms with Crippen LogP contribution in [0.25, 0.3) is 0 Å². The predicted octanol–water partition coefficient (Wildman–Crippen LogP) is 19.0. The summed E-state index contributed by atoms with van der Waals surface area (Å²) < 4.78 is 5.48. The average molecular weight is 969 g/mol. The van der Waals surface area contributed by atoms with Gasteiger partial charge in [0.25, 0.3) is 0 Å². The van der Waals surface area contributed by atoms with Gasteiger partial charge in [0, 0.05) is 12.8 Å². The first-order valence-electron chi connectivity index (χ1n) is 30.4. The van der Waals surface area contributed by atoms with Crippen LogP contribution in [0.2, 0.25) is 0 Å². The largest absolute Gasteiger partial charge is 0.466 e. The molecule has 0 saturated carbocycles. The van der Waals surface area contributed by atoms with E-state index in [1.54, 1.807) is 6.08 Å². The van der Waals surface area contributed by atoms with Gasteiger partial charge in [0.2, 0.25) is 5.91 Å². The highest BCUT2D eigenvalue weighted by atomic mass is 16.5. The van der Waals surface area contributed by atoms with E-state index in [9.17, 15) is 19.8 Å². The van der Waals surface area contributed by atoms with Gasteiger partial charge in [0.05, 0.1) is 25.4 Å². The molecule has 0 rings (SSSR count). The SMILES string of the molecule is CCCCCCCCC/C=C\CCCCCCCC(=O)OCCCCCCCCCCC/C=C\C/C=C\CCCCCCCCCC(=O)NC(CO)C(O)/C=C/CCCCCCCCCCCCC. The van der Waals surface area contributed by atoms with Gasteiger partial charge in [-0.3, -0.25) is 9.59 Å². The lowest BCUT2D eigenvalue weighted by Crippen LogP contribution is -2.45. The van der Waals surface area contributed by atoms with E-state index in [-0.39, 0.29) is 18.5 Å². The maximum Gasteiger partial charge on any atom is 0.305 e. The normalized spacial score (nSPS) is 12.9. The summed E-state index contributed by atoms with van der Waals surface area (Å²) in [6, 6.07) is -0.635. The van der Waals surface area contributed by atoms with Gasteiger partial charge in [-0.15, -0.1) is 0 Å². The van der Waals surface area contributed by atoms with Gasteiger partial charge in [-0.1, -0.05) is 262 Å². The van der Waals surface area contributed by atoms with Crippen molar-refractivity contribution >= 4 is 11.9 Å². The fraction of sp³-hybridized carbons (Fsp3) is 0.841. The third-order valence-corrected chi connectivity index (χ3v) is 13.8. The Kier molecular flexibility index (Phi) is 56.5. The molecular weight excluding hydrogens is 851 g/mol. The number of allylic oxidation sites excluding steroid dienone is 7. The fourth-order valence-electron chi connectivity index (χ4n) is 9.13. The molecule has 0 radical (unpaired) electrons. The van der Waals surface area contributed by atoms with Crippen LogP contribution in [0.15, 0.2) is 48.6 Å². The lowest BCUT2D eigenvalue weighted by Gasteiger charge is -2.20. The van der Waals surface area contributed by atoms with Gasteiger partial charge < -0.3 is 20.3 Å². The number of hydrogen-bond donors (Lipinski definition) is 3. The number of aliphatic hydroxyl groups is 2. The summed E-state index contributed by atoms with van der Waals surface area (Å²) in [4.78, 5) is 24.5. The first-order chi connectivity index (χ1) is 34.0. The van der Waals surface area contributed by atoms with Crippen molar-refractivity contribution in [2.24, 2.45) is 0 Å². The van der Waals surface area contributed by atoms with E-state index >= 15 is 0 Å². The van der Waals surface area contributed by atoms with Crippen LogP contribution < -0.4 is 5.32 Å². The minimum absolute atomic E-state index is 0.00128. The number of rotatable bonds is 56. The van der Waals surface area contributed by atoms with Gasteiger partial charge in [0.1, 0.15) is 0 Å². The third kappa shape index (κ3) is 55.0. The maximum atomic E-state index is 12.4. The summed E-state index contributed by atoms with van der Waals surface area (Å²) >= 11 is 0. The van der Waals surface area contributed by atoms with Crippen molar-refractivity contribution in [1.82, 2.24) is 5.32 Å². The summed E-state index contributed by atoms with van der Waals surface area (Å²) in [5.74, 6) is -0.0804. The van der Waals surface area contributed by atoms with Crippen LogP contribution in [0.4, 0.5) is 0 Å². The van der Waals surface area contributed by atoms with Crippen molar-refractivity contribution in [3.05, 3.63) is 48.6 Å². The Morgan fingerprint density at radius 2 is 0.725 bits per heavy atom. The standard InChI is InChI=1S/C63H117NO5/c1-3-5-7-9-11-13-15-17-18-29-33-37-41-45-49-53-57-63(68)69-58-54-50-46-42-38-34-30-27-25-23-21-19-20-22-24-26-28-32-36-40-44-48-52-56-62(67)64-60(59-65)61(66)55-51-47-43-39-35-31-16-14-12-10-8-6-4-2/h18-19,21-22,24,29,51,55,60-61,65-66H,3-17,20,23,25-28,30-50,52-54,56-59H2,1-2H3,(H,64,67)/b21-19-,24-22-,29-18-,55-51+. The Morgan fingerprint density at radius 1 is 0.406 bits per heavy atom. The molecule has 0 spiro atoms.